The van der Waals surface area contributed by atoms with E-state index in [4.69, 9.17) is 11.6 Å². The fourth-order valence-corrected chi connectivity index (χ4v) is 5.10. The normalized spacial score (nSPS) is 19.2. The van der Waals surface area contributed by atoms with Gasteiger partial charge in [0.05, 0.1) is 5.38 Å². The van der Waals surface area contributed by atoms with E-state index in [0.29, 0.717) is 5.92 Å². The number of halogens is 2. The van der Waals surface area contributed by atoms with E-state index in [-0.39, 0.29) is 5.38 Å². The molecule has 1 aromatic heterocycles. The second-order valence-electron chi connectivity index (χ2n) is 5.11. The molecule has 0 nitrogen and oxygen atoms in total. The first-order valence-electron chi connectivity index (χ1n) is 6.57. The van der Waals surface area contributed by atoms with Gasteiger partial charge in [0.1, 0.15) is 0 Å². The molecule has 1 unspecified atom stereocenters. The topological polar surface area (TPSA) is 0 Å². The molecule has 96 valence electrons. The van der Waals surface area contributed by atoms with E-state index >= 15 is 0 Å². The lowest BCUT2D eigenvalue weighted by Crippen LogP contribution is -2.11. The molecule has 0 N–H and O–H groups in total. The van der Waals surface area contributed by atoms with E-state index in [0.717, 1.165) is 0 Å². The predicted octanol–water partition coefficient (Wildman–Crippen LogP) is 6.52. The maximum Gasteiger partial charge on any atom is 0.0627 e. The monoisotopic (exact) mass is 342 g/mol. The van der Waals surface area contributed by atoms with Gasteiger partial charge in [-0.3, -0.25) is 0 Å². The van der Waals surface area contributed by atoms with Crippen LogP contribution < -0.4 is 0 Å². The van der Waals surface area contributed by atoms with E-state index in [2.05, 4.69) is 39.5 Å². The highest BCUT2D eigenvalue weighted by molar-refractivity contribution is 9.10. The molecule has 1 aliphatic carbocycles. The average Bonchev–Trinajstić information content (AvgIpc) is 2.84. The number of rotatable bonds is 2. The molecule has 0 saturated heterocycles. The third kappa shape index (κ3) is 2.35. The van der Waals surface area contributed by atoms with Crippen LogP contribution in [0.5, 0.6) is 0 Å². The number of fused-ring (bicyclic) bond motifs is 1. The summed E-state index contributed by atoms with van der Waals surface area (Å²) >= 11 is 12.2. The predicted molar refractivity (Wildman–Crippen MR) is 84.7 cm³/mol. The van der Waals surface area contributed by atoms with Crippen LogP contribution >= 0.6 is 38.9 Å². The zero-order valence-corrected chi connectivity index (χ0v) is 13.3. The summed E-state index contributed by atoms with van der Waals surface area (Å²) in [5, 5.41) is 3.77. The second-order valence-corrected chi connectivity index (χ2v) is 7.31. The van der Waals surface area contributed by atoms with Crippen molar-refractivity contribution in [3.05, 3.63) is 33.6 Å². The maximum atomic E-state index is 6.75. The van der Waals surface area contributed by atoms with Gasteiger partial charge in [-0.1, -0.05) is 31.4 Å². The Morgan fingerprint density at radius 2 is 2.00 bits per heavy atom. The largest absolute Gasteiger partial charge is 0.142 e. The third-order valence-corrected chi connectivity index (χ3v) is 6.50. The molecule has 1 heterocycles. The van der Waals surface area contributed by atoms with Gasteiger partial charge in [-0.25, -0.2) is 0 Å². The van der Waals surface area contributed by atoms with E-state index in [1.807, 2.05) is 0 Å². The van der Waals surface area contributed by atoms with Crippen LogP contribution in [-0.2, 0) is 0 Å². The van der Waals surface area contributed by atoms with E-state index in [1.54, 1.807) is 11.3 Å². The highest BCUT2D eigenvalue weighted by Crippen LogP contribution is 2.44. The smallest absolute Gasteiger partial charge is 0.0627 e. The van der Waals surface area contributed by atoms with E-state index in [9.17, 15) is 0 Å². The first-order chi connectivity index (χ1) is 8.77. The van der Waals surface area contributed by atoms with Gasteiger partial charge in [-0.05, 0) is 57.1 Å². The van der Waals surface area contributed by atoms with Gasteiger partial charge in [0.2, 0.25) is 0 Å². The standard InChI is InChI=1S/C15H16BrClS/c16-13-8-4-7-11-12(9-18-15(11)13)14(17)10-5-2-1-3-6-10/h4,7-10,14H,1-3,5-6H2. The molecule has 0 radical (unpaired) electrons. The number of thiophene rings is 1. The van der Waals surface area contributed by atoms with Crippen molar-refractivity contribution in [2.24, 2.45) is 5.92 Å². The molecule has 0 bridgehead atoms. The lowest BCUT2D eigenvalue weighted by molar-refractivity contribution is 0.349. The van der Waals surface area contributed by atoms with Crippen LogP contribution in [0.1, 0.15) is 43.0 Å². The minimum Gasteiger partial charge on any atom is -0.142 e. The van der Waals surface area contributed by atoms with Crippen molar-refractivity contribution in [1.29, 1.82) is 0 Å². The summed E-state index contributed by atoms with van der Waals surface area (Å²) in [6, 6.07) is 6.41. The molecule has 1 fully saturated rings. The Balaban J connectivity index is 1.96. The molecule has 2 aromatic rings. The van der Waals surface area contributed by atoms with Gasteiger partial charge in [0.15, 0.2) is 0 Å². The summed E-state index contributed by atoms with van der Waals surface area (Å²) in [6.45, 7) is 0. The summed E-state index contributed by atoms with van der Waals surface area (Å²) < 4.78 is 2.51. The Kier molecular flexibility index (Phi) is 3.97. The highest BCUT2D eigenvalue weighted by Gasteiger charge is 2.25. The summed E-state index contributed by atoms with van der Waals surface area (Å²) in [5.41, 5.74) is 1.34. The van der Waals surface area contributed by atoms with Crippen molar-refractivity contribution in [3.8, 4) is 0 Å². The Morgan fingerprint density at radius 3 is 2.78 bits per heavy atom. The highest BCUT2D eigenvalue weighted by atomic mass is 79.9. The molecule has 0 spiro atoms. The summed E-state index contributed by atoms with van der Waals surface area (Å²) in [7, 11) is 0. The van der Waals surface area contributed by atoms with Crippen LogP contribution in [0.25, 0.3) is 10.1 Å². The summed E-state index contributed by atoms with van der Waals surface area (Å²) in [5.74, 6) is 0.664. The van der Waals surface area contributed by atoms with Crippen LogP contribution in [0.3, 0.4) is 0 Å². The third-order valence-electron chi connectivity index (χ3n) is 3.94. The number of alkyl halides is 1. The van der Waals surface area contributed by atoms with Crippen LogP contribution in [0.2, 0.25) is 0 Å². The Labute approximate surface area is 125 Å². The molecular weight excluding hydrogens is 328 g/mol. The van der Waals surface area contributed by atoms with Crippen molar-refractivity contribution in [3.63, 3.8) is 0 Å². The Morgan fingerprint density at radius 1 is 1.22 bits per heavy atom. The second kappa shape index (κ2) is 5.52. The molecule has 0 aliphatic heterocycles. The van der Waals surface area contributed by atoms with Crippen LogP contribution in [0, 0.1) is 5.92 Å². The summed E-state index contributed by atoms with van der Waals surface area (Å²) in [4.78, 5) is 0. The molecule has 1 aliphatic rings. The zero-order chi connectivity index (χ0) is 12.5. The van der Waals surface area contributed by atoms with E-state index < -0.39 is 0 Å². The lowest BCUT2D eigenvalue weighted by Gasteiger charge is -2.26. The van der Waals surface area contributed by atoms with Crippen LogP contribution in [0.4, 0.5) is 0 Å². The zero-order valence-electron chi connectivity index (χ0n) is 10.2. The van der Waals surface area contributed by atoms with Gasteiger partial charge in [0, 0.05) is 9.17 Å². The van der Waals surface area contributed by atoms with Crippen LogP contribution in [0.15, 0.2) is 28.1 Å². The first kappa shape index (κ1) is 13.0. The molecule has 18 heavy (non-hydrogen) atoms. The molecular formula is C15H16BrClS. The van der Waals surface area contributed by atoms with Crippen molar-refractivity contribution < 1.29 is 0 Å². The quantitative estimate of drug-likeness (QED) is 0.544. The van der Waals surface area contributed by atoms with Crippen molar-refractivity contribution in [2.75, 3.05) is 0 Å². The SMILES string of the molecule is ClC(c1csc2c(Br)cccc12)C1CCCCC1. The van der Waals surface area contributed by atoms with Crippen molar-refractivity contribution in [1.82, 2.24) is 0 Å². The Hall–Kier alpha value is -0.0500. The number of hydrogen-bond acceptors (Lipinski definition) is 1. The molecule has 1 atom stereocenters. The van der Waals surface area contributed by atoms with Crippen LogP contribution in [-0.4, -0.2) is 0 Å². The summed E-state index contributed by atoms with van der Waals surface area (Å²) in [6.07, 6.45) is 6.66. The molecule has 3 rings (SSSR count). The minimum atomic E-state index is 0.188. The fourth-order valence-electron chi connectivity index (χ4n) is 2.94. The lowest BCUT2D eigenvalue weighted by atomic mass is 9.84. The van der Waals surface area contributed by atoms with Gasteiger partial charge in [0.25, 0.3) is 0 Å². The Bertz CT molecular complexity index is 542. The van der Waals surface area contributed by atoms with Gasteiger partial charge in [-0.2, -0.15) is 0 Å². The molecule has 3 heteroatoms. The number of benzene rings is 1. The van der Waals surface area contributed by atoms with Gasteiger partial charge in [-0.15, -0.1) is 22.9 Å². The molecule has 1 saturated carbocycles. The fraction of sp³-hybridized carbons (Fsp3) is 0.467. The molecule has 1 aromatic carbocycles. The maximum absolute atomic E-state index is 6.75. The van der Waals surface area contributed by atoms with Gasteiger partial charge >= 0.3 is 0 Å². The number of hydrogen-bond donors (Lipinski definition) is 0. The first-order valence-corrected chi connectivity index (χ1v) is 8.68. The van der Waals surface area contributed by atoms with Gasteiger partial charge < -0.3 is 0 Å². The van der Waals surface area contributed by atoms with E-state index in [1.165, 1.54) is 52.2 Å². The average molecular weight is 344 g/mol. The molecule has 0 amide bonds. The van der Waals surface area contributed by atoms with Crippen molar-refractivity contribution in [2.45, 2.75) is 37.5 Å². The van der Waals surface area contributed by atoms with Crippen molar-refractivity contribution >= 4 is 49.0 Å². The minimum absolute atomic E-state index is 0.188.